The summed E-state index contributed by atoms with van der Waals surface area (Å²) in [5, 5.41) is 3.27. The molecule has 0 atom stereocenters. The van der Waals surface area contributed by atoms with Crippen molar-refractivity contribution in [1.29, 1.82) is 0 Å². The molecule has 0 spiro atoms. The zero-order valence-electron chi connectivity index (χ0n) is 6.91. The van der Waals surface area contributed by atoms with Crippen molar-refractivity contribution in [2.75, 3.05) is 6.54 Å². The Morgan fingerprint density at radius 2 is 2.25 bits per heavy atom. The maximum Gasteiger partial charge on any atom is 0.122 e. The van der Waals surface area contributed by atoms with Crippen molar-refractivity contribution in [2.45, 2.75) is 20.0 Å². The lowest BCUT2D eigenvalue weighted by atomic mass is 10.4. The zero-order valence-corrected chi connectivity index (χ0v) is 8.54. The van der Waals surface area contributed by atoms with Crippen LogP contribution in [0.25, 0.3) is 0 Å². The molecule has 0 amide bonds. The summed E-state index contributed by atoms with van der Waals surface area (Å²) in [6.07, 6.45) is 1.93. The van der Waals surface area contributed by atoms with Crippen molar-refractivity contribution in [3.8, 4) is 0 Å². The van der Waals surface area contributed by atoms with Crippen LogP contribution in [0.3, 0.4) is 0 Å². The van der Waals surface area contributed by atoms with Crippen LogP contribution in [-0.4, -0.2) is 16.1 Å². The maximum atomic E-state index is 4.26. The van der Waals surface area contributed by atoms with Gasteiger partial charge >= 0.3 is 0 Å². The number of aryl methyl sites for hydroxylation is 1. The fourth-order valence-electron chi connectivity index (χ4n) is 1.35. The third-order valence-electron chi connectivity index (χ3n) is 1.93. The molecule has 70 valence electrons. The van der Waals surface area contributed by atoms with E-state index in [4.69, 9.17) is 0 Å². The number of hydrogen-bond acceptors (Lipinski definition) is 2. The first kappa shape index (κ1) is 11.8. The van der Waals surface area contributed by atoms with Crippen LogP contribution in [0.5, 0.6) is 0 Å². The molecule has 2 heterocycles. The lowest BCUT2D eigenvalue weighted by molar-refractivity contribution is 0.499. The summed E-state index contributed by atoms with van der Waals surface area (Å²) in [6.45, 7) is 5.17. The van der Waals surface area contributed by atoms with Gasteiger partial charge in [0, 0.05) is 25.0 Å². The van der Waals surface area contributed by atoms with E-state index in [1.54, 1.807) is 0 Å². The summed E-state index contributed by atoms with van der Waals surface area (Å²) in [4.78, 5) is 4.26. The van der Waals surface area contributed by atoms with Gasteiger partial charge in [-0.1, -0.05) is 0 Å². The fraction of sp³-hybridized carbons (Fsp3) is 0.571. The van der Waals surface area contributed by atoms with Crippen LogP contribution in [0.1, 0.15) is 11.5 Å². The molecule has 12 heavy (non-hydrogen) atoms. The Kier molecular flexibility index (Phi) is 4.60. The van der Waals surface area contributed by atoms with Crippen molar-refractivity contribution in [1.82, 2.24) is 14.9 Å². The monoisotopic (exact) mass is 209 g/mol. The summed E-state index contributed by atoms with van der Waals surface area (Å²) in [5.74, 6) is 1.17. The number of nitrogens with one attached hydrogen (secondary N) is 1. The molecular formula is C7H13Cl2N3. The Hall–Kier alpha value is -0.250. The highest BCUT2D eigenvalue weighted by atomic mass is 35.5. The van der Waals surface area contributed by atoms with E-state index < -0.39 is 0 Å². The number of aromatic nitrogens is 2. The minimum Gasteiger partial charge on any atom is -0.330 e. The van der Waals surface area contributed by atoms with Gasteiger partial charge < -0.3 is 9.88 Å². The van der Waals surface area contributed by atoms with Crippen LogP contribution in [0.2, 0.25) is 0 Å². The van der Waals surface area contributed by atoms with Crippen molar-refractivity contribution >= 4 is 24.8 Å². The molecule has 1 aliphatic heterocycles. The fourth-order valence-corrected chi connectivity index (χ4v) is 1.35. The normalized spacial score (nSPS) is 14.1. The van der Waals surface area contributed by atoms with E-state index in [1.165, 1.54) is 11.5 Å². The first-order valence-corrected chi connectivity index (χ1v) is 3.59. The molecule has 0 saturated carbocycles. The number of nitrogens with zero attached hydrogens (tertiary/aromatic N) is 2. The van der Waals surface area contributed by atoms with Gasteiger partial charge in [-0.15, -0.1) is 24.8 Å². The van der Waals surface area contributed by atoms with E-state index in [0.717, 1.165) is 19.6 Å². The van der Waals surface area contributed by atoms with E-state index in [9.17, 15) is 0 Å². The van der Waals surface area contributed by atoms with Crippen molar-refractivity contribution in [3.63, 3.8) is 0 Å². The smallest absolute Gasteiger partial charge is 0.122 e. The Morgan fingerprint density at radius 3 is 2.92 bits per heavy atom. The van der Waals surface area contributed by atoms with Crippen molar-refractivity contribution in [3.05, 3.63) is 17.7 Å². The summed E-state index contributed by atoms with van der Waals surface area (Å²) >= 11 is 0. The lowest BCUT2D eigenvalue weighted by Crippen LogP contribution is -2.28. The van der Waals surface area contributed by atoms with Crippen molar-refractivity contribution in [2.24, 2.45) is 0 Å². The van der Waals surface area contributed by atoms with E-state index in [0.29, 0.717) is 0 Å². The van der Waals surface area contributed by atoms with Crippen LogP contribution in [0, 0.1) is 6.92 Å². The lowest BCUT2D eigenvalue weighted by Gasteiger charge is -2.15. The van der Waals surface area contributed by atoms with Gasteiger partial charge in [0.25, 0.3) is 0 Å². The highest BCUT2D eigenvalue weighted by Gasteiger charge is 2.09. The number of imidazole rings is 1. The topological polar surface area (TPSA) is 29.9 Å². The molecule has 0 aliphatic carbocycles. The van der Waals surface area contributed by atoms with E-state index >= 15 is 0 Å². The molecule has 1 aliphatic rings. The molecule has 0 unspecified atom stereocenters. The molecule has 0 aromatic carbocycles. The molecule has 3 nitrogen and oxygen atoms in total. The molecule has 0 saturated heterocycles. The van der Waals surface area contributed by atoms with E-state index in [1.807, 2.05) is 6.20 Å². The maximum absolute atomic E-state index is 4.26. The predicted octanol–water partition coefficient (Wildman–Crippen LogP) is 1.14. The van der Waals surface area contributed by atoms with Gasteiger partial charge in [-0.25, -0.2) is 4.98 Å². The third-order valence-corrected chi connectivity index (χ3v) is 1.93. The highest BCUT2D eigenvalue weighted by Crippen LogP contribution is 2.06. The molecule has 1 aromatic heterocycles. The molecule has 5 heteroatoms. The second kappa shape index (κ2) is 4.70. The average Bonchev–Trinajstić information content (AvgIpc) is 2.34. The molecule has 1 N–H and O–H groups in total. The SMILES string of the molecule is Cc1cnc2n1CCNC2.Cl.Cl. The van der Waals surface area contributed by atoms with Crippen molar-refractivity contribution < 1.29 is 0 Å². The van der Waals surface area contributed by atoms with Gasteiger partial charge in [0.2, 0.25) is 0 Å². The second-order valence-electron chi connectivity index (χ2n) is 2.64. The molecule has 0 fully saturated rings. The Morgan fingerprint density at radius 1 is 1.50 bits per heavy atom. The Labute approximate surface area is 84.4 Å². The molecule has 0 bridgehead atoms. The molecule has 2 rings (SSSR count). The van der Waals surface area contributed by atoms with Gasteiger partial charge in [-0.3, -0.25) is 0 Å². The summed E-state index contributed by atoms with van der Waals surface area (Å²) in [6, 6.07) is 0. The van der Waals surface area contributed by atoms with Gasteiger partial charge in [0.05, 0.1) is 6.54 Å². The van der Waals surface area contributed by atoms with Crippen LogP contribution in [0.4, 0.5) is 0 Å². The van der Waals surface area contributed by atoms with Gasteiger partial charge in [-0.2, -0.15) is 0 Å². The van der Waals surface area contributed by atoms with Crippen LogP contribution in [0.15, 0.2) is 6.20 Å². The summed E-state index contributed by atoms with van der Waals surface area (Å²) in [7, 11) is 0. The van der Waals surface area contributed by atoms with Gasteiger partial charge in [0.1, 0.15) is 5.82 Å². The van der Waals surface area contributed by atoms with Crippen LogP contribution < -0.4 is 5.32 Å². The Balaban J connectivity index is 0.000000605. The van der Waals surface area contributed by atoms with E-state index in [-0.39, 0.29) is 24.8 Å². The number of halogens is 2. The van der Waals surface area contributed by atoms with Crippen LogP contribution in [-0.2, 0) is 13.1 Å². The van der Waals surface area contributed by atoms with Gasteiger partial charge in [-0.05, 0) is 6.92 Å². The largest absolute Gasteiger partial charge is 0.330 e. The van der Waals surface area contributed by atoms with Crippen LogP contribution >= 0.6 is 24.8 Å². The zero-order chi connectivity index (χ0) is 6.97. The minimum absolute atomic E-state index is 0. The molecule has 1 aromatic rings. The minimum atomic E-state index is 0. The first-order valence-electron chi connectivity index (χ1n) is 3.59. The predicted molar refractivity (Wildman–Crippen MR) is 53.2 cm³/mol. The summed E-state index contributed by atoms with van der Waals surface area (Å²) in [5.41, 5.74) is 1.27. The van der Waals surface area contributed by atoms with Gasteiger partial charge in [0.15, 0.2) is 0 Å². The average molecular weight is 210 g/mol. The standard InChI is InChI=1S/C7H11N3.2ClH/c1-6-4-9-7-5-8-2-3-10(6)7;;/h4,8H,2-3,5H2,1H3;2*1H. The number of hydrogen-bond donors (Lipinski definition) is 1. The number of rotatable bonds is 0. The Bertz CT molecular complexity index is 247. The third kappa shape index (κ3) is 1.91. The number of fused-ring (bicyclic) bond motifs is 1. The first-order chi connectivity index (χ1) is 4.88. The molecular weight excluding hydrogens is 197 g/mol. The molecule has 0 radical (unpaired) electrons. The quantitative estimate of drug-likeness (QED) is 0.695. The van der Waals surface area contributed by atoms with E-state index in [2.05, 4.69) is 21.8 Å². The highest BCUT2D eigenvalue weighted by molar-refractivity contribution is 5.85. The second-order valence-corrected chi connectivity index (χ2v) is 2.64. The summed E-state index contributed by atoms with van der Waals surface area (Å²) < 4.78 is 2.26.